The molecule has 0 aliphatic heterocycles. The Bertz CT molecular complexity index is 439. The zero-order chi connectivity index (χ0) is 14.6. The Morgan fingerprint density at radius 2 is 1.95 bits per heavy atom. The van der Waals surface area contributed by atoms with Crippen LogP contribution < -0.4 is 10.1 Å². The lowest BCUT2D eigenvalue weighted by atomic mass is 9.87. The molecule has 2 rings (SSSR count). The highest BCUT2D eigenvalue weighted by atomic mass is 16.5. The molecule has 1 fully saturated rings. The summed E-state index contributed by atoms with van der Waals surface area (Å²) in [6.45, 7) is 2.12. The number of ether oxygens (including phenoxy) is 2. The van der Waals surface area contributed by atoms with Gasteiger partial charge in [0.15, 0.2) is 0 Å². The van der Waals surface area contributed by atoms with Gasteiger partial charge >= 0.3 is 0 Å². The summed E-state index contributed by atoms with van der Waals surface area (Å²) in [6, 6.07) is 6.71. The van der Waals surface area contributed by atoms with Gasteiger partial charge in [-0.25, -0.2) is 0 Å². The van der Waals surface area contributed by atoms with Gasteiger partial charge in [0.05, 0.1) is 12.7 Å². The highest BCUT2D eigenvalue weighted by Gasteiger charge is 2.41. The Morgan fingerprint density at radius 1 is 1.25 bits per heavy atom. The largest absolute Gasteiger partial charge is 0.496 e. The number of methoxy groups -OCH3 is 2. The normalized spacial score (nSPS) is 19.0. The van der Waals surface area contributed by atoms with Crippen molar-refractivity contribution in [2.75, 3.05) is 21.3 Å². The van der Waals surface area contributed by atoms with Crippen molar-refractivity contribution in [3.8, 4) is 5.75 Å². The maximum absolute atomic E-state index is 5.92. The zero-order valence-electron chi connectivity index (χ0n) is 13.2. The summed E-state index contributed by atoms with van der Waals surface area (Å²) in [4.78, 5) is 0. The van der Waals surface area contributed by atoms with E-state index in [0.717, 1.165) is 25.0 Å². The second kappa shape index (κ2) is 6.59. The molecule has 1 atom stereocenters. The molecule has 3 nitrogen and oxygen atoms in total. The molecule has 1 N–H and O–H groups in total. The number of hydrogen-bond donors (Lipinski definition) is 1. The molecule has 0 spiro atoms. The van der Waals surface area contributed by atoms with Crippen molar-refractivity contribution < 1.29 is 9.47 Å². The minimum Gasteiger partial charge on any atom is -0.496 e. The molecule has 0 saturated heterocycles. The van der Waals surface area contributed by atoms with Gasteiger partial charge in [-0.05, 0) is 44.9 Å². The molecule has 3 heteroatoms. The predicted molar refractivity (Wildman–Crippen MR) is 82.5 cm³/mol. The maximum atomic E-state index is 5.92. The Morgan fingerprint density at radius 3 is 2.50 bits per heavy atom. The average Bonchev–Trinajstić information content (AvgIpc) is 2.95. The van der Waals surface area contributed by atoms with E-state index < -0.39 is 0 Å². The second-order valence-electron chi connectivity index (χ2n) is 5.84. The average molecular weight is 277 g/mol. The van der Waals surface area contributed by atoms with Crippen molar-refractivity contribution in [3.63, 3.8) is 0 Å². The number of benzene rings is 1. The summed E-state index contributed by atoms with van der Waals surface area (Å²) in [5, 5.41) is 3.47. The summed E-state index contributed by atoms with van der Waals surface area (Å²) in [6.07, 6.45) is 5.75. The van der Waals surface area contributed by atoms with Crippen molar-refractivity contribution in [1.29, 1.82) is 0 Å². The van der Waals surface area contributed by atoms with Crippen molar-refractivity contribution in [1.82, 2.24) is 5.32 Å². The third kappa shape index (κ3) is 2.99. The Kier molecular flexibility index (Phi) is 5.06. The van der Waals surface area contributed by atoms with Crippen LogP contribution in [0.2, 0.25) is 0 Å². The first-order valence-corrected chi connectivity index (χ1v) is 7.51. The first kappa shape index (κ1) is 15.3. The molecule has 20 heavy (non-hydrogen) atoms. The highest BCUT2D eigenvalue weighted by Crippen LogP contribution is 2.37. The van der Waals surface area contributed by atoms with Crippen molar-refractivity contribution >= 4 is 0 Å². The first-order chi connectivity index (χ1) is 9.65. The lowest BCUT2D eigenvalue weighted by Gasteiger charge is -2.36. The first-order valence-electron chi connectivity index (χ1n) is 7.51. The molecule has 0 aromatic heterocycles. The van der Waals surface area contributed by atoms with E-state index in [4.69, 9.17) is 9.47 Å². The summed E-state index contributed by atoms with van der Waals surface area (Å²) in [7, 11) is 5.62. The molecule has 112 valence electrons. The molecule has 1 saturated carbocycles. The zero-order valence-corrected chi connectivity index (χ0v) is 13.2. The van der Waals surface area contributed by atoms with Gasteiger partial charge in [-0.15, -0.1) is 0 Å². The van der Waals surface area contributed by atoms with Gasteiger partial charge in [0.1, 0.15) is 5.75 Å². The van der Waals surface area contributed by atoms with Crippen LogP contribution in [0.15, 0.2) is 18.2 Å². The molecule has 1 aliphatic carbocycles. The van der Waals surface area contributed by atoms with Gasteiger partial charge in [0.25, 0.3) is 0 Å². The molecule has 0 radical (unpaired) electrons. The molecular formula is C17H27NO2. The fourth-order valence-corrected chi connectivity index (χ4v) is 3.51. The number of likely N-dealkylation sites (N-methyl/N-ethyl adjacent to an activating group) is 1. The predicted octanol–water partition coefficient (Wildman–Crippen LogP) is 3.09. The van der Waals surface area contributed by atoms with Crippen LogP contribution >= 0.6 is 0 Å². The molecular weight excluding hydrogens is 250 g/mol. The SMILES string of the molecule is CNC(Cc1cc(C)ccc1OC)C1(OC)CCCC1. The van der Waals surface area contributed by atoms with Crippen LogP contribution in [0, 0.1) is 6.92 Å². The van der Waals surface area contributed by atoms with E-state index in [0.29, 0.717) is 6.04 Å². The summed E-state index contributed by atoms with van der Waals surface area (Å²) >= 11 is 0. The van der Waals surface area contributed by atoms with E-state index in [1.54, 1.807) is 7.11 Å². The summed E-state index contributed by atoms with van der Waals surface area (Å²) in [5.74, 6) is 0.972. The smallest absolute Gasteiger partial charge is 0.122 e. The van der Waals surface area contributed by atoms with Gasteiger partial charge in [-0.2, -0.15) is 0 Å². The molecule has 0 bridgehead atoms. The monoisotopic (exact) mass is 277 g/mol. The van der Waals surface area contributed by atoms with Crippen LogP contribution in [0.25, 0.3) is 0 Å². The molecule has 1 aromatic rings. The van der Waals surface area contributed by atoms with E-state index in [1.165, 1.54) is 24.0 Å². The van der Waals surface area contributed by atoms with Gasteiger partial charge in [-0.1, -0.05) is 30.5 Å². The van der Waals surface area contributed by atoms with E-state index in [2.05, 4.69) is 30.4 Å². The number of nitrogens with one attached hydrogen (secondary N) is 1. The number of hydrogen-bond acceptors (Lipinski definition) is 3. The van der Waals surface area contributed by atoms with E-state index in [9.17, 15) is 0 Å². The van der Waals surface area contributed by atoms with Gasteiger partial charge in [-0.3, -0.25) is 0 Å². The van der Waals surface area contributed by atoms with Gasteiger partial charge in [0, 0.05) is 13.2 Å². The van der Waals surface area contributed by atoms with Crippen molar-refractivity contribution in [2.24, 2.45) is 0 Å². The van der Waals surface area contributed by atoms with E-state index in [1.807, 2.05) is 14.2 Å². The third-order valence-corrected chi connectivity index (χ3v) is 4.70. The lowest BCUT2D eigenvalue weighted by Crippen LogP contribution is -2.50. The fraction of sp³-hybridized carbons (Fsp3) is 0.647. The Labute approximate surface area is 122 Å². The van der Waals surface area contributed by atoms with Gasteiger partial charge < -0.3 is 14.8 Å². The van der Waals surface area contributed by atoms with E-state index in [-0.39, 0.29) is 5.60 Å². The molecule has 1 aromatic carbocycles. The quantitative estimate of drug-likeness (QED) is 0.866. The van der Waals surface area contributed by atoms with Crippen LogP contribution in [0.5, 0.6) is 5.75 Å². The van der Waals surface area contributed by atoms with E-state index >= 15 is 0 Å². The minimum absolute atomic E-state index is 0.0243. The third-order valence-electron chi connectivity index (χ3n) is 4.70. The second-order valence-corrected chi connectivity index (χ2v) is 5.84. The van der Waals surface area contributed by atoms with Crippen LogP contribution in [0.1, 0.15) is 36.8 Å². The Balaban J connectivity index is 2.23. The maximum Gasteiger partial charge on any atom is 0.122 e. The van der Waals surface area contributed by atoms with Crippen LogP contribution in [0.4, 0.5) is 0 Å². The fourth-order valence-electron chi connectivity index (χ4n) is 3.51. The Hall–Kier alpha value is -1.06. The van der Waals surface area contributed by atoms with Crippen LogP contribution in [-0.4, -0.2) is 32.9 Å². The minimum atomic E-state index is -0.0243. The van der Waals surface area contributed by atoms with Crippen LogP contribution in [-0.2, 0) is 11.2 Å². The number of aryl methyl sites for hydroxylation is 1. The number of rotatable bonds is 6. The molecule has 1 unspecified atom stereocenters. The standard InChI is InChI=1S/C17H27NO2/c1-13-7-8-15(19-3)14(11-13)12-16(18-2)17(20-4)9-5-6-10-17/h7-8,11,16,18H,5-6,9-10,12H2,1-4H3. The molecule has 0 heterocycles. The lowest BCUT2D eigenvalue weighted by molar-refractivity contribution is -0.0337. The topological polar surface area (TPSA) is 30.5 Å². The molecule has 1 aliphatic rings. The van der Waals surface area contributed by atoms with Gasteiger partial charge in [0.2, 0.25) is 0 Å². The highest BCUT2D eigenvalue weighted by molar-refractivity contribution is 5.37. The summed E-state index contributed by atoms with van der Waals surface area (Å²) in [5.41, 5.74) is 2.51. The molecule has 0 amide bonds. The summed E-state index contributed by atoms with van der Waals surface area (Å²) < 4.78 is 11.4. The van der Waals surface area contributed by atoms with Crippen LogP contribution in [0.3, 0.4) is 0 Å². The van der Waals surface area contributed by atoms with Crippen molar-refractivity contribution in [3.05, 3.63) is 29.3 Å². The van der Waals surface area contributed by atoms with Crippen molar-refractivity contribution in [2.45, 2.75) is 50.7 Å².